The predicted molar refractivity (Wildman–Crippen MR) is 411 cm³/mol. The molecule has 17 atom stereocenters. The van der Waals surface area contributed by atoms with Gasteiger partial charge in [0, 0.05) is 6.42 Å². The Balaban J connectivity index is 1.26. The first-order valence-corrected chi connectivity index (χ1v) is 43.8. The Bertz CT molecular complexity index is 1860. The van der Waals surface area contributed by atoms with Crippen molar-refractivity contribution in [1.82, 2.24) is 5.32 Å². The third kappa shape index (κ3) is 45.0. The van der Waals surface area contributed by atoms with Crippen LogP contribution in [0.4, 0.5) is 0 Å². The Morgan fingerprint density at radius 1 is 0.311 bits per heavy atom. The van der Waals surface area contributed by atoms with Crippen LogP contribution in [-0.2, 0) is 33.2 Å². The van der Waals surface area contributed by atoms with Crippen molar-refractivity contribution in [2.24, 2.45) is 0 Å². The smallest absolute Gasteiger partial charge is 0.220 e. The van der Waals surface area contributed by atoms with Crippen molar-refractivity contribution in [3.05, 3.63) is 0 Å². The van der Waals surface area contributed by atoms with Gasteiger partial charge in [0.25, 0.3) is 0 Å². The van der Waals surface area contributed by atoms with E-state index in [4.69, 9.17) is 28.4 Å². The van der Waals surface area contributed by atoms with Crippen molar-refractivity contribution in [3.8, 4) is 0 Å². The molecular weight excluding hydrogens is 1310 g/mol. The van der Waals surface area contributed by atoms with Crippen LogP contribution in [0.3, 0.4) is 0 Å². The molecule has 3 heterocycles. The molecule has 0 bridgehead atoms. The van der Waals surface area contributed by atoms with Crippen LogP contribution in [0, 0.1) is 0 Å². The summed E-state index contributed by atoms with van der Waals surface area (Å²) in [5, 5.41) is 121. The van der Waals surface area contributed by atoms with Crippen molar-refractivity contribution in [1.29, 1.82) is 0 Å². The van der Waals surface area contributed by atoms with E-state index in [1.807, 2.05) is 0 Å². The standard InChI is InChI=1S/C84H163NO18/c1-3-5-7-9-11-13-15-17-19-21-22-23-24-25-26-27-28-29-30-31-32-33-34-35-36-37-38-39-40-41-42-43-44-46-48-50-52-54-56-58-60-62-72(90)85-67(68(89)61-59-57-55-53-51-49-47-45-20-18-16-14-12-10-8-6-4-2)66-98-82-78(96)75(93)80(70(64-87)100-82)103-84-79(97)76(94)81(71(65-88)101-84)102-83-77(95)74(92)73(91)69(63-86)99-83/h67-71,73-84,86-89,91-97H,3-66H2,1-2H3,(H,85,90). The van der Waals surface area contributed by atoms with E-state index >= 15 is 0 Å². The highest BCUT2D eigenvalue weighted by atomic mass is 16.8. The number of hydrogen-bond donors (Lipinski definition) is 12. The number of aliphatic hydroxyl groups excluding tert-OH is 11. The van der Waals surface area contributed by atoms with E-state index in [1.165, 1.54) is 321 Å². The third-order valence-corrected chi connectivity index (χ3v) is 22.4. The molecule has 3 aliphatic heterocycles. The summed E-state index contributed by atoms with van der Waals surface area (Å²) < 4.78 is 34.5. The first kappa shape index (κ1) is 96.0. The fraction of sp³-hybridized carbons (Fsp3) is 0.988. The highest BCUT2D eigenvalue weighted by Gasteiger charge is 2.54. The molecule has 19 nitrogen and oxygen atoms in total. The molecule has 0 aromatic carbocycles. The van der Waals surface area contributed by atoms with Crippen molar-refractivity contribution in [3.63, 3.8) is 0 Å². The van der Waals surface area contributed by atoms with Gasteiger partial charge in [-0.3, -0.25) is 4.79 Å². The number of aliphatic hydroxyl groups is 11. The number of hydrogen-bond acceptors (Lipinski definition) is 18. The Kier molecular flexibility index (Phi) is 61.0. The van der Waals surface area contributed by atoms with E-state index < -0.39 is 124 Å². The average molecular weight is 1480 g/mol. The van der Waals surface area contributed by atoms with E-state index in [9.17, 15) is 61.0 Å². The van der Waals surface area contributed by atoms with Crippen LogP contribution in [0.5, 0.6) is 0 Å². The van der Waals surface area contributed by atoms with Gasteiger partial charge in [-0.05, 0) is 12.8 Å². The topological polar surface area (TPSA) is 307 Å². The van der Waals surface area contributed by atoms with E-state index in [0.29, 0.717) is 12.8 Å². The summed E-state index contributed by atoms with van der Waals surface area (Å²) in [6.07, 6.45) is 51.0. The first-order chi connectivity index (χ1) is 50.3. The van der Waals surface area contributed by atoms with Gasteiger partial charge in [-0.15, -0.1) is 0 Å². The maximum absolute atomic E-state index is 13.5. The van der Waals surface area contributed by atoms with Crippen LogP contribution in [0.25, 0.3) is 0 Å². The zero-order valence-corrected chi connectivity index (χ0v) is 65.8. The van der Waals surface area contributed by atoms with E-state index in [-0.39, 0.29) is 18.9 Å². The normalized spacial score (nSPS) is 25.9. The maximum atomic E-state index is 13.5. The minimum atomic E-state index is -1.97. The summed E-state index contributed by atoms with van der Waals surface area (Å²) in [6.45, 7) is 1.87. The van der Waals surface area contributed by atoms with Crippen LogP contribution in [0.1, 0.15) is 399 Å². The lowest BCUT2D eigenvalue weighted by Gasteiger charge is -2.48. The molecular formula is C84H163NO18. The quantitative estimate of drug-likeness (QED) is 0.0252. The van der Waals surface area contributed by atoms with Crippen LogP contribution in [-0.4, -0.2) is 193 Å². The number of carbonyl (C=O) groups is 1. The number of amides is 1. The molecule has 0 aromatic rings. The summed E-state index contributed by atoms with van der Waals surface area (Å²) in [5.74, 6) is -0.232. The van der Waals surface area contributed by atoms with Gasteiger partial charge in [-0.25, -0.2) is 0 Å². The number of unbranched alkanes of at least 4 members (excludes halogenated alkanes) is 56. The van der Waals surface area contributed by atoms with E-state index in [2.05, 4.69) is 19.2 Å². The van der Waals surface area contributed by atoms with Gasteiger partial charge >= 0.3 is 0 Å². The Morgan fingerprint density at radius 3 is 0.845 bits per heavy atom. The van der Waals surface area contributed by atoms with Gasteiger partial charge in [-0.1, -0.05) is 380 Å². The van der Waals surface area contributed by atoms with E-state index in [0.717, 1.165) is 44.9 Å². The molecule has 103 heavy (non-hydrogen) atoms. The van der Waals surface area contributed by atoms with E-state index in [1.54, 1.807) is 0 Å². The molecule has 0 spiro atoms. The molecule has 0 aliphatic carbocycles. The lowest BCUT2D eigenvalue weighted by molar-refractivity contribution is -0.379. The minimum Gasteiger partial charge on any atom is -0.394 e. The Labute approximate surface area is 627 Å². The highest BCUT2D eigenvalue weighted by Crippen LogP contribution is 2.34. The second-order valence-electron chi connectivity index (χ2n) is 31.7. The number of carbonyl (C=O) groups excluding carboxylic acids is 1. The molecule has 0 radical (unpaired) electrons. The third-order valence-electron chi connectivity index (χ3n) is 22.4. The first-order valence-electron chi connectivity index (χ1n) is 43.8. The predicted octanol–water partition coefficient (Wildman–Crippen LogP) is 15.7. The van der Waals surface area contributed by atoms with Crippen molar-refractivity contribution in [2.75, 3.05) is 26.4 Å². The zero-order chi connectivity index (χ0) is 74.6. The number of nitrogens with one attached hydrogen (secondary N) is 1. The monoisotopic (exact) mass is 1470 g/mol. The highest BCUT2D eigenvalue weighted by molar-refractivity contribution is 5.76. The van der Waals surface area contributed by atoms with Gasteiger partial charge < -0.3 is 89.9 Å². The second kappa shape index (κ2) is 65.5. The molecule has 3 saturated heterocycles. The molecule has 612 valence electrons. The number of rotatable bonds is 72. The van der Waals surface area contributed by atoms with Crippen LogP contribution in [0.15, 0.2) is 0 Å². The lowest BCUT2D eigenvalue weighted by atomic mass is 9.96. The molecule has 1 amide bonds. The van der Waals surface area contributed by atoms with Crippen molar-refractivity contribution >= 4 is 5.91 Å². The summed E-state index contributed by atoms with van der Waals surface area (Å²) in [6, 6.07) is -0.883. The molecule has 3 aliphatic rings. The summed E-state index contributed by atoms with van der Waals surface area (Å²) in [4.78, 5) is 13.5. The minimum absolute atomic E-state index is 0.232. The summed E-state index contributed by atoms with van der Waals surface area (Å²) in [5.41, 5.74) is 0. The van der Waals surface area contributed by atoms with Crippen LogP contribution in [0.2, 0.25) is 0 Å². The van der Waals surface area contributed by atoms with Crippen LogP contribution < -0.4 is 5.32 Å². The maximum Gasteiger partial charge on any atom is 0.220 e. The fourth-order valence-electron chi connectivity index (χ4n) is 15.4. The fourth-order valence-corrected chi connectivity index (χ4v) is 15.4. The van der Waals surface area contributed by atoms with Gasteiger partial charge in [-0.2, -0.15) is 0 Å². The molecule has 0 aromatic heterocycles. The molecule has 3 fully saturated rings. The SMILES string of the molecule is CCCCCCCCCCCCCCCCCCCCCCCCCCCCCCCCCCCCCCCCCCCC(=O)NC(COC1OC(CO)C(OC2OC(CO)C(OC3OC(CO)C(O)C(O)C3O)C(O)C2O)C(O)C1O)C(O)CCCCCCCCCCCCCCCCCCC. The Morgan fingerprint density at radius 2 is 0.553 bits per heavy atom. The molecule has 12 N–H and O–H groups in total. The number of ether oxygens (including phenoxy) is 6. The summed E-state index contributed by atoms with van der Waals surface area (Å²) >= 11 is 0. The molecule has 3 rings (SSSR count). The average Bonchev–Trinajstić information content (AvgIpc) is 0.782. The molecule has 19 heteroatoms. The Hall–Kier alpha value is -1.21. The van der Waals surface area contributed by atoms with Crippen LogP contribution >= 0.6 is 0 Å². The van der Waals surface area contributed by atoms with Gasteiger partial charge in [0.05, 0.1) is 38.6 Å². The van der Waals surface area contributed by atoms with Gasteiger partial charge in [0.1, 0.15) is 73.2 Å². The lowest BCUT2D eigenvalue weighted by Crippen LogP contribution is -2.66. The van der Waals surface area contributed by atoms with Gasteiger partial charge in [0.15, 0.2) is 18.9 Å². The summed E-state index contributed by atoms with van der Waals surface area (Å²) in [7, 11) is 0. The van der Waals surface area contributed by atoms with Crippen molar-refractivity contribution < 1.29 is 89.4 Å². The molecule has 0 saturated carbocycles. The van der Waals surface area contributed by atoms with Crippen molar-refractivity contribution in [2.45, 2.75) is 503 Å². The zero-order valence-electron chi connectivity index (χ0n) is 65.8. The van der Waals surface area contributed by atoms with Gasteiger partial charge in [0.2, 0.25) is 5.91 Å². The molecule has 17 unspecified atom stereocenters. The largest absolute Gasteiger partial charge is 0.394 e. The second-order valence-corrected chi connectivity index (χ2v) is 31.7.